The van der Waals surface area contributed by atoms with Gasteiger partial charge in [0.1, 0.15) is 5.76 Å². The summed E-state index contributed by atoms with van der Waals surface area (Å²) in [7, 11) is 0. The second-order valence-electron chi connectivity index (χ2n) is 4.43. The number of hydrogen-bond acceptors (Lipinski definition) is 4. The number of benzene rings is 1. The second kappa shape index (κ2) is 5.13. The summed E-state index contributed by atoms with van der Waals surface area (Å²) in [5.74, 6) is -2.86. The number of aliphatic carboxylic acids is 1. The van der Waals surface area contributed by atoms with Gasteiger partial charge in [0, 0.05) is 22.3 Å². The van der Waals surface area contributed by atoms with E-state index in [1.54, 1.807) is 18.2 Å². The largest absolute Gasteiger partial charge is 0.507 e. The summed E-state index contributed by atoms with van der Waals surface area (Å²) in [5.41, 5.74) is 0.435. The first-order valence-corrected chi connectivity index (χ1v) is 5.94. The zero-order valence-electron chi connectivity index (χ0n) is 10.7. The molecule has 0 saturated heterocycles. The number of allylic oxidation sites excluding steroid dienone is 2. The minimum Gasteiger partial charge on any atom is -0.507 e. The van der Waals surface area contributed by atoms with E-state index in [4.69, 9.17) is 5.11 Å². The molecule has 1 aliphatic carbocycles. The van der Waals surface area contributed by atoms with E-state index in [-0.39, 0.29) is 28.9 Å². The van der Waals surface area contributed by atoms with Crippen LogP contribution >= 0.6 is 0 Å². The molecule has 5 heteroatoms. The van der Waals surface area contributed by atoms with Crippen molar-refractivity contribution in [3.05, 3.63) is 52.6 Å². The molecule has 0 amide bonds. The lowest BCUT2D eigenvalue weighted by Crippen LogP contribution is -2.23. The van der Waals surface area contributed by atoms with Crippen LogP contribution in [0.4, 0.5) is 0 Å². The first-order chi connectivity index (χ1) is 9.43. The maximum atomic E-state index is 11.9. The van der Waals surface area contributed by atoms with Gasteiger partial charge in [-0.2, -0.15) is 0 Å². The Balaban J connectivity index is 2.47. The van der Waals surface area contributed by atoms with Gasteiger partial charge in [0.15, 0.2) is 0 Å². The quantitative estimate of drug-likeness (QED) is 0.649. The van der Waals surface area contributed by atoms with Crippen molar-refractivity contribution in [2.45, 2.75) is 13.3 Å². The van der Waals surface area contributed by atoms with Crippen LogP contribution in [0, 0.1) is 0 Å². The normalized spacial score (nSPS) is 15.3. The molecule has 0 bridgehead atoms. The highest BCUT2D eigenvalue weighted by Gasteiger charge is 2.31. The molecular weight excluding hydrogens is 260 g/mol. The Morgan fingerprint density at radius 3 is 2.35 bits per heavy atom. The highest BCUT2D eigenvalue weighted by Crippen LogP contribution is 2.29. The number of carboxylic acid groups (broad SMARTS) is 1. The summed E-state index contributed by atoms with van der Waals surface area (Å²) in [6.07, 6.45) is 1.20. The van der Waals surface area contributed by atoms with Crippen LogP contribution in [-0.2, 0) is 9.59 Å². The molecule has 5 nitrogen and oxygen atoms in total. The molecule has 1 aromatic carbocycles. The third-order valence-electron chi connectivity index (χ3n) is 3.14. The Labute approximate surface area is 114 Å². The zero-order chi connectivity index (χ0) is 14.9. The lowest BCUT2D eigenvalue weighted by molar-refractivity contribution is -0.132. The van der Waals surface area contributed by atoms with E-state index in [9.17, 15) is 19.5 Å². The highest BCUT2D eigenvalue weighted by atomic mass is 16.4. The Kier molecular flexibility index (Phi) is 3.52. The van der Waals surface area contributed by atoms with Gasteiger partial charge in [0.2, 0.25) is 11.6 Å². The summed E-state index contributed by atoms with van der Waals surface area (Å²) < 4.78 is 0. The van der Waals surface area contributed by atoms with Crippen LogP contribution in [0.25, 0.3) is 5.76 Å². The van der Waals surface area contributed by atoms with E-state index in [0.29, 0.717) is 5.56 Å². The molecule has 102 valence electrons. The molecule has 0 atom stereocenters. The highest BCUT2D eigenvalue weighted by molar-refractivity contribution is 6.52. The van der Waals surface area contributed by atoms with Crippen molar-refractivity contribution >= 4 is 23.3 Å². The van der Waals surface area contributed by atoms with Crippen molar-refractivity contribution in [3.63, 3.8) is 0 Å². The number of rotatable bonds is 3. The van der Waals surface area contributed by atoms with Gasteiger partial charge in [-0.25, -0.2) is 4.79 Å². The van der Waals surface area contributed by atoms with Crippen LogP contribution < -0.4 is 0 Å². The first kappa shape index (κ1) is 13.7. The minimum atomic E-state index is -1.11. The first-order valence-electron chi connectivity index (χ1n) is 5.94. The van der Waals surface area contributed by atoms with Crippen LogP contribution in [0.15, 0.2) is 41.5 Å². The predicted molar refractivity (Wildman–Crippen MR) is 71.3 cm³/mol. The number of Topliss-reactive ketones (excluding diaryl/α,β-unsaturated/α-hetero) is 2. The molecule has 0 saturated carbocycles. The van der Waals surface area contributed by atoms with E-state index in [2.05, 4.69) is 0 Å². The van der Waals surface area contributed by atoms with Gasteiger partial charge >= 0.3 is 5.97 Å². The number of hydrogen-bond donors (Lipinski definition) is 2. The van der Waals surface area contributed by atoms with E-state index in [0.717, 1.165) is 0 Å². The van der Waals surface area contributed by atoms with Crippen LogP contribution in [0.3, 0.4) is 0 Å². The monoisotopic (exact) mass is 272 g/mol. The molecule has 0 aliphatic heterocycles. The molecule has 0 fully saturated rings. The van der Waals surface area contributed by atoms with Crippen LogP contribution in [0.2, 0.25) is 0 Å². The van der Waals surface area contributed by atoms with Gasteiger partial charge < -0.3 is 10.2 Å². The summed E-state index contributed by atoms with van der Waals surface area (Å²) in [5, 5.41) is 18.8. The molecule has 0 spiro atoms. The van der Waals surface area contributed by atoms with E-state index in [1.165, 1.54) is 19.1 Å². The van der Waals surface area contributed by atoms with Crippen molar-refractivity contribution < 1.29 is 24.6 Å². The molecule has 20 heavy (non-hydrogen) atoms. The molecule has 0 aromatic heterocycles. The standard InChI is InChI=1S/C15H12O5/c1-8(15(19)20)6-7-11-12(16)9-4-2-3-5-10(9)13(17)14(11)18/h2-6,16H,7H2,1H3,(H,19,20)/b8-6-. The number of fused-ring (bicyclic) bond motifs is 1. The number of carboxylic acids is 1. The van der Waals surface area contributed by atoms with Crippen molar-refractivity contribution in [2.24, 2.45) is 0 Å². The lowest BCUT2D eigenvalue weighted by atomic mass is 9.87. The van der Waals surface area contributed by atoms with E-state index < -0.39 is 17.5 Å². The number of carbonyl (C=O) groups is 3. The second-order valence-corrected chi connectivity index (χ2v) is 4.43. The third-order valence-corrected chi connectivity index (χ3v) is 3.14. The molecule has 1 aromatic rings. The van der Waals surface area contributed by atoms with Gasteiger partial charge in [-0.3, -0.25) is 9.59 Å². The fourth-order valence-corrected chi connectivity index (χ4v) is 1.95. The number of ketones is 2. The van der Waals surface area contributed by atoms with Gasteiger partial charge in [-0.05, 0) is 13.3 Å². The summed E-state index contributed by atoms with van der Waals surface area (Å²) >= 11 is 0. The number of carbonyl (C=O) groups excluding carboxylic acids is 2. The maximum absolute atomic E-state index is 11.9. The van der Waals surface area contributed by atoms with Crippen LogP contribution in [-0.4, -0.2) is 27.7 Å². The smallest absolute Gasteiger partial charge is 0.330 e. The Morgan fingerprint density at radius 1 is 1.15 bits per heavy atom. The van der Waals surface area contributed by atoms with Gasteiger partial charge in [-0.1, -0.05) is 30.3 Å². The zero-order valence-corrected chi connectivity index (χ0v) is 10.7. The summed E-state index contributed by atoms with van der Waals surface area (Å²) in [4.78, 5) is 34.6. The minimum absolute atomic E-state index is 0.0457. The van der Waals surface area contributed by atoms with Crippen molar-refractivity contribution in [1.82, 2.24) is 0 Å². The summed E-state index contributed by atoms with van der Waals surface area (Å²) in [6.45, 7) is 1.38. The molecule has 2 rings (SSSR count). The SMILES string of the molecule is C/C(=C/CC1=C(O)c2ccccc2C(=O)C1=O)C(=O)O. The number of aliphatic hydroxyl groups is 1. The van der Waals surface area contributed by atoms with Crippen LogP contribution in [0.5, 0.6) is 0 Å². The third kappa shape index (κ3) is 2.25. The Bertz CT molecular complexity index is 679. The van der Waals surface area contributed by atoms with Crippen molar-refractivity contribution in [3.8, 4) is 0 Å². The maximum Gasteiger partial charge on any atom is 0.330 e. The Morgan fingerprint density at radius 2 is 1.75 bits per heavy atom. The molecule has 0 radical (unpaired) electrons. The molecule has 2 N–H and O–H groups in total. The molecule has 0 heterocycles. The van der Waals surface area contributed by atoms with Gasteiger partial charge in [-0.15, -0.1) is 0 Å². The fourth-order valence-electron chi connectivity index (χ4n) is 1.95. The van der Waals surface area contributed by atoms with E-state index >= 15 is 0 Å². The molecular formula is C15H12O5. The topological polar surface area (TPSA) is 91.7 Å². The van der Waals surface area contributed by atoms with Gasteiger partial charge in [0.25, 0.3) is 0 Å². The van der Waals surface area contributed by atoms with Crippen molar-refractivity contribution in [1.29, 1.82) is 0 Å². The van der Waals surface area contributed by atoms with Crippen molar-refractivity contribution in [2.75, 3.05) is 0 Å². The van der Waals surface area contributed by atoms with E-state index in [1.807, 2.05) is 0 Å². The predicted octanol–water partition coefficient (Wildman–Crippen LogP) is 2.14. The summed E-state index contributed by atoms with van der Waals surface area (Å²) in [6, 6.07) is 6.27. The van der Waals surface area contributed by atoms with Crippen LogP contribution in [0.1, 0.15) is 29.3 Å². The fraction of sp³-hybridized carbons (Fsp3) is 0.133. The lowest BCUT2D eigenvalue weighted by Gasteiger charge is -2.16. The average Bonchev–Trinajstić information content (AvgIpc) is 2.44. The Hall–Kier alpha value is -2.69. The average molecular weight is 272 g/mol. The molecule has 1 aliphatic rings. The molecule has 0 unspecified atom stereocenters. The van der Waals surface area contributed by atoms with Gasteiger partial charge in [0.05, 0.1) is 0 Å². The number of aliphatic hydroxyl groups excluding tert-OH is 1.